The third-order valence-corrected chi connectivity index (χ3v) is 1.41. The Hall–Kier alpha value is -1.92. The van der Waals surface area contributed by atoms with E-state index in [1.54, 1.807) is 19.9 Å². The first-order valence-electron chi connectivity index (χ1n) is 3.54. The number of rotatable bonds is 1. The van der Waals surface area contributed by atoms with Gasteiger partial charge in [0.25, 0.3) is 5.96 Å². The standard InChI is InChI=1S/C6H10N5O2/c1-4-3-5(2)10(8-4)6(7)9-11(12)13/h3H,1-2H3,(H2,7,9)(H,12,13)/q+1. The van der Waals surface area contributed by atoms with E-state index in [-0.39, 0.29) is 5.96 Å². The summed E-state index contributed by atoms with van der Waals surface area (Å²) in [5, 5.41) is 14.6. The van der Waals surface area contributed by atoms with Gasteiger partial charge in [-0.3, -0.25) is 0 Å². The Bertz CT molecular complexity index is 367. The van der Waals surface area contributed by atoms with Crippen LogP contribution in [0.2, 0.25) is 0 Å². The van der Waals surface area contributed by atoms with E-state index in [1.807, 2.05) is 0 Å². The SMILES string of the molecule is Cc1cc(C)n(/C(N)=N/[N+](=O)O)n1. The lowest BCUT2D eigenvalue weighted by molar-refractivity contribution is -0.796. The van der Waals surface area contributed by atoms with Gasteiger partial charge in [-0.2, -0.15) is 9.78 Å². The van der Waals surface area contributed by atoms with Crippen LogP contribution in [0.5, 0.6) is 0 Å². The van der Waals surface area contributed by atoms with Gasteiger partial charge in [0.2, 0.25) is 0 Å². The van der Waals surface area contributed by atoms with Crippen LogP contribution in [0.15, 0.2) is 11.2 Å². The second-order valence-electron chi connectivity index (χ2n) is 2.55. The first-order chi connectivity index (χ1) is 6.00. The summed E-state index contributed by atoms with van der Waals surface area (Å²) in [6, 6.07) is 1.77. The zero-order chi connectivity index (χ0) is 10.0. The lowest BCUT2D eigenvalue weighted by Gasteiger charge is -1.96. The number of hydrazone groups is 1. The zero-order valence-electron chi connectivity index (χ0n) is 7.30. The van der Waals surface area contributed by atoms with E-state index in [0.29, 0.717) is 0 Å². The number of hydrogen-bond donors (Lipinski definition) is 2. The molecule has 0 spiro atoms. The van der Waals surface area contributed by atoms with Crippen molar-refractivity contribution >= 4 is 5.96 Å². The van der Waals surface area contributed by atoms with Gasteiger partial charge in [0.05, 0.1) is 5.69 Å². The molecule has 0 aliphatic rings. The highest BCUT2D eigenvalue weighted by molar-refractivity contribution is 5.79. The van der Waals surface area contributed by atoms with Crippen LogP contribution < -0.4 is 5.73 Å². The van der Waals surface area contributed by atoms with Gasteiger partial charge >= 0.3 is 5.03 Å². The van der Waals surface area contributed by atoms with E-state index in [1.165, 1.54) is 4.68 Å². The van der Waals surface area contributed by atoms with E-state index in [9.17, 15) is 4.91 Å². The van der Waals surface area contributed by atoms with Crippen molar-refractivity contribution in [2.45, 2.75) is 13.8 Å². The van der Waals surface area contributed by atoms with Crippen molar-refractivity contribution in [2.24, 2.45) is 10.8 Å². The maximum absolute atomic E-state index is 10.1. The molecule has 0 aliphatic heterocycles. The van der Waals surface area contributed by atoms with Gasteiger partial charge in [0.1, 0.15) is 10.0 Å². The lowest BCUT2D eigenvalue weighted by Crippen LogP contribution is -2.26. The minimum absolute atomic E-state index is 0.178. The van der Waals surface area contributed by atoms with Crippen molar-refractivity contribution in [3.63, 3.8) is 0 Å². The normalized spacial score (nSPS) is 11.7. The molecule has 0 bridgehead atoms. The summed E-state index contributed by atoms with van der Waals surface area (Å²) in [5.41, 5.74) is 6.85. The molecule has 0 fully saturated rings. The van der Waals surface area contributed by atoms with Gasteiger partial charge < -0.3 is 5.73 Å². The Labute approximate surface area is 74.0 Å². The second kappa shape index (κ2) is 3.21. The third kappa shape index (κ3) is 2.01. The minimum Gasteiger partial charge on any atom is -0.363 e. The van der Waals surface area contributed by atoms with E-state index >= 15 is 0 Å². The van der Waals surface area contributed by atoms with Gasteiger partial charge in [-0.05, 0) is 19.9 Å². The predicted molar refractivity (Wildman–Crippen MR) is 44.1 cm³/mol. The molecule has 70 valence electrons. The first kappa shape index (κ1) is 9.17. The highest BCUT2D eigenvalue weighted by Crippen LogP contribution is 1.99. The molecule has 0 radical (unpaired) electrons. The van der Waals surface area contributed by atoms with Gasteiger partial charge in [-0.15, -0.1) is 0 Å². The molecule has 0 atom stereocenters. The maximum Gasteiger partial charge on any atom is 0.391 e. The fraction of sp³-hybridized carbons (Fsp3) is 0.333. The topological polar surface area (TPSA) is 96.5 Å². The van der Waals surface area contributed by atoms with E-state index in [4.69, 9.17) is 10.9 Å². The number of nitrogens with two attached hydrogens (primary N) is 1. The van der Waals surface area contributed by atoms with Gasteiger partial charge in [0, 0.05) is 5.69 Å². The molecule has 0 amide bonds. The minimum atomic E-state index is -0.605. The average molecular weight is 184 g/mol. The largest absolute Gasteiger partial charge is 0.391 e. The van der Waals surface area contributed by atoms with Gasteiger partial charge in [0.15, 0.2) is 0 Å². The zero-order valence-corrected chi connectivity index (χ0v) is 7.30. The van der Waals surface area contributed by atoms with Crippen molar-refractivity contribution in [2.75, 3.05) is 0 Å². The molecule has 1 heterocycles. The maximum atomic E-state index is 10.1. The molecule has 1 aromatic heterocycles. The molecule has 0 unspecified atom stereocenters. The van der Waals surface area contributed by atoms with Crippen LogP contribution in [0, 0.1) is 18.8 Å². The Morgan fingerprint density at radius 1 is 1.77 bits per heavy atom. The van der Waals surface area contributed by atoms with Crippen LogP contribution in [0.25, 0.3) is 0 Å². The highest BCUT2D eigenvalue weighted by Gasteiger charge is 2.10. The molecule has 0 saturated carbocycles. The molecular formula is C6H10N5O2+. The van der Waals surface area contributed by atoms with Crippen LogP contribution in [0.3, 0.4) is 0 Å². The van der Waals surface area contributed by atoms with E-state index < -0.39 is 5.03 Å². The quantitative estimate of drug-likeness (QED) is 0.357. The van der Waals surface area contributed by atoms with Crippen molar-refractivity contribution < 1.29 is 10.2 Å². The molecule has 7 heteroatoms. The van der Waals surface area contributed by atoms with E-state index in [2.05, 4.69) is 10.2 Å². The van der Waals surface area contributed by atoms with Crippen LogP contribution in [-0.2, 0) is 0 Å². The lowest BCUT2D eigenvalue weighted by atomic mass is 10.4. The van der Waals surface area contributed by atoms with Crippen LogP contribution >= 0.6 is 0 Å². The summed E-state index contributed by atoms with van der Waals surface area (Å²) in [6.07, 6.45) is 0. The Morgan fingerprint density at radius 3 is 2.77 bits per heavy atom. The summed E-state index contributed by atoms with van der Waals surface area (Å²) in [7, 11) is 0. The summed E-state index contributed by atoms with van der Waals surface area (Å²) < 4.78 is 1.26. The Morgan fingerprint density at radius 2 is 2.38 bits per heavy atom. The summed E-state index contributed by atoms with van der Waals surface area (Å²) >= 11 is 0. The Balaban J connectivity index is 3.08. The number of aromatic nitrogens is 2. The smallest absolute Gasteiger partial charge is 0.363 e. The summed E-state index contributed by atoms with van der Waals surface area (Å²) in [4.78, 5) is 10.1. The molecule has 7 nitrogen and oxygen atoms in total. The van der Waals surface area contributed by atoms with Crippen molar-refractivity contribution in [1.82, 2.24) is 9.78 Å². The van der Waals surface area contributed by atoms with Gasteiger partial charge in [-0.1, -0.05) is 0 Å². The molecule has 0 aromatic carbocycles. The molecular weight excluding hydrogens is 174 g/mol. The molecule has 0 saturated heterocycles. The predicted octanol–water partition coefficient (Wildman–Crippen LogP) is -0.254. The van der Waals surface area contributed by atoms with Crippen LogP contribution in [0.4, 0.5) is 0 Å². The fourth-order valence-electron chi connectivity index (χ4n) is 0.991. The molecule has 13 heavy (non-hydrogen) atoms. The molecule has 1 rings (SSSR count). The van der Waals surface area contributed by atoms with Crippen LogP contribution in [0.1, 0.15) is 11.4 Å². The van der Waals surface area contributed by atoms with Crippen molar-refractivity contribution in [3.8, 4) is 0 Å². The monoisotopic (exact) mass is 184 g/mol. The average Bonchev–Trinajstić information content (AvgIpc) is 2.28. The fourth-order valence-corrected chi connectivity index (χ4v) is 0.991. The second-order valence-corrected chi connectivity index (χ2v) is 2.55. The number of nitrogens with zero attached hydrogens (tertiary/aromatic N) is 4. The summed E-state index contributed by atoms with van der Waals surface area (Å²) in [6.45, 7) is 3.54. The third-order valence-electron chi connectivity index (χ3n) is 1.41. The number of aryl methyl sites for hydroxylation is 2. The molecule has 1 aromatic rings. The van der Waals surface area contributed by atoms with Crippen molar-refractivity contribution in [3.05, 3.63) is 22.4 Å². The van der Waals surface area contributed by atoms with E-state index in [0.717, 1.165) is 11.4 Å². The summed E-state index contributed by atoms with van der Waals surface area (Å²) in [5.74, 6) is -0.178. The van der Waals surface area contributed by atoms with Gasteiger partial charge in [-0.25, -0.2) is 5.21 Å². The first-order valence-corrected chi connectivity index (χ1v) is 3.54. The number of hydrogen-bond acceptors (Lipinski definition) is 2. The molecule has 3 N–H and O–H groups in total. The van der Waals surface area contributed by atoms with Crippen molar-refractivity contribution in [1.29, 1.82) is 0 Å². The molecule has 0 aliphatic carbocycles. The Kier molecular flexibility index (Phi) is 2.27. The van der Waals surface area contributed by atoms with Crippen LogP contribution in [-0.4, -0.2) is 26.0 Å². The highest BCUT2D eigenvalue weighted by atomic mass is 16.7.